The summed E-state index contributed by atoms with van der Waals surface area (Å²) in [5.74, 6) is -0.169. The van der Waals surface area contributed by atoms with Crippen molar-refractivity contribution in [2.75, 3.05) is 0 Å². The Morgan fingerprint density at radius 2 is 1.87 bits per heavy atom. The third kappa shape index (κ3) is 3.55. The summed E-state index contributed by atoms with van der Waals surface area (Å²) in [5, 5.41) is 0.809. The van der Waals surface area contributed by atoms with Crippen LogP contribution in [0.1, 0.15) is 11.1 Å². The molecule has 0 aliphatic heterocycles. The number of fused-ring (bicyclic) bond motifs is 1. The van der Waals surface area contributed by atoms with Crippen LogP contribution < -0.4 is 10.4 Å². The molecule has 0 radical (unpaired) electrons. The summed E-state index contributed by atoms with van der Waals surface area (Å²) in [7, 11) is 0. The van der Waals surface area contributed by atoms with Crippen molar-refractivity contribution in [3.63, 3.8) is 0 Å². The van der Waals surface area contributed by atoms with E-state index in [0.29, 0.717) is 11.3 Å². The maximum atomic E-state index is 11.9. The van der Waals surface area contributed by atoms with Crippen LogP contribution in [0.5, 0.6) is 5.75 Å². The molecule has 2 aromatic carbocycles. The molecule has 0 aliphatic carbocycles. The van der Waals surface area contributed by atoms with E-state index in [9.17, 15) is 9.59 Å². The smallest absolute Gasteiger partial charge is 0.336 e. The highest BCUT2D eigenvalue weighted by Crippen LogP contribution is 2.22. The predicted octanol–water partition coefficient (Wildman–Crippen LogP) is 3.72. The average molecular weight is 306 g/mol. The lowest BCUT2D eigenvalue weighted by Gasteiger charge is -2.04. The van der Waals surface area contributed by atoms with Crippen molar-refractivity contribution in [3.05, 3.63) is 82.2 Å². The summed E-state index contributed by atoms with van der Waals surface area (Å²) in [4.78, 5) is 23.3. The van der Waals surface area contributed by atoms with Gasteiger partial charge in [-0.2, -0.15) is 0 Å². The second-order valence-corrected chi connectivity index (χ2v) is 5.07. The van der Waals surface area contributed by atoms with Crippen molar-refractivity contribution in [1.29, 1.82) is 0 Å². The van der Waals surface area contributed by atoms with Crippen molar-refractivity contribution in [2.45, 2.75) is 6.92 Å². The van der Waals surface area contributed by atoms with E-state index in [1.807, 2.05) is 37.3 Å². The lowest BCUT2D eigenvalue weighted by Crippen LogP contribution is -2.04. The van der Waals surface area contributed by atoms with Crippen molar-refractivity contribution in [3.8, 4) is 5.75 Å². The fourth-order valence-electron chi connectivity index (χ4n) is 2.25. The molecule has 0 aliphatic rings. The Morgan fingerprint density at radius 3 is 2.65 bits per heavy atom. The van der Waals surface area contributed by atoms with Gasteiger partial charge in [-0.1, -0.05) is 30.3 Å². The van der Waals surface area contributed by atoms with Gasteiger partial charge in [0.05, 0.1) is 0 Å². The van der Waals surface area contributed by atoms with Crippen LogP contribution in [0.15, 0.2) is 69.9 Å². The molecule has 0 amide bonds. The van der Waals surface area contributed by atoms with Crippen LogP contribution in [0.2, 0.25) is 0 Å². The molecule has 0 atom stereocenters. The number of aryl methyl sites for hydroxylation is 1. The molecule has 0 saturated heterocycles. The molecule has 1 heterocycles. The van der Waals surface area contributed by atoms with Crippen molar-refractivity contribution in [2.24, 2.45) is 0 Å². The molecular formula is C19H14O4. The molecule has 0 bridgehead atoms. The van der Waals surface area contributed by atoms with E-state index >= 15 is 0 Å². The van der Waals surface area contributed by atoms with Crippen LogP contribution in [0.4, 0.5) is 0 Å². The third-order valence-electron chi connectivity index (χ3n) is 3.35. The quantitative estimate of drug-likeness (QED) is 0.320. The van der Waals surface area contributed by atoms with Crippen LogP contribution in [0.3, 0.4) is 0 Å². The number of carbonyl (C=O) groups excluding carboxylic acids is 1. The zero-order valence-electron chi connectivity index (χ0n) is 12.5. The summed E-state index contributed by atoms with van der Waals surface area (Å²) in [6.45, 7) is 1.83. The van der Waals surface area contributed by atoms with Gasteiger partial charge >= 0.3 is 11.6 Å². The largest absolute Gasteiger partial charge is 0.423 e. The van der Waals surface area contributed by atoms with Gasteiger partial charge in [-0.15, -0.1) is 0 Å². The van der Waals surface area contributed by atoms with Gasteiger partial charge in [0.25, 0.3) is 0 Å². The minimum absolute atomic E-state index is 0.328. The van der Waals surface area contributed by atoms with E-state index in [1.54, 1.807) is 18.2 Å². The topological polar surface area (TPSA) is 56.5 Å². The first-order valence-electron chi connectivity index (χ1n) is 7.11. The fourth-order valence-corrected chi connectivity index (χ4v) is 2.25. The van der Waals surface area contributed by atoms with E-state index in [-0.39, 0.29) is 0 Å². The maximum Gasteiger partial charge on any atom is 0.336 e. The summed E-state index contributed by atoms with van der Waals surface area (Å²) in [6, 6.07) is 15.8. The summed E-state index contributed by atoms with van der Waals surface area (Å²) >= 11 is 0. The lowest BCUT2D eigenvalue weighted by molar-refractivity contribution is -0.128. The van der Waals surface area contributed by atoms with Crippen LogP contribution in [-0.2, 0) is 4.79 Å². The fraction of sp³-hybridized carbons (Fsp3) is 0.0526. The number of esters is 1. The molecule has 23 heavy (non-hydrogen) atoms. The van der Waals surface area contributed by atoms with E-state index in [4.69, 9.17) is 9.15 Å². The third-order valence-corrected chi connectivity index (χ3v) is 3.35. The molecule has 0 N–H and O–H groups in total. The molecule has 4 nitrogen and oxygen atoms in total. The summed E-state index contributed by atoms with van der Waals surface area (Å²) in [6.07, 6.45) is 3.03. The van der Waals surface area contributed by atoms with Crippen LogP contribution in [-0.4, -0.2) is 5.97 Å². The Bertz CT molecular complexity index is 936. The highest BCUT2D eigenvalue weighted by atomic mass is 16.5. The summed E-state index contributed by atoms with van der Waals surface area (Å²) in [5.41, 5.74) is 1.69. The van der Waals surface area contributed by atoms with Crippen molar-refractivity contribution >= 4 is 23.0 Å². The Hall–Kier alpha value is -3.14. The number of benzene rings is 2. The Kier molecular flexibility index (Phi) is 4.06. The number of hydrogen-bond donors (Lipinski definition) is 0. The number of carbonyl (C=O) groups is 1. The van der Waals surface area contributed by atoms with Gasteiger partial charge in [0.15, 0.2) is 0 Å². The number of ether oxygens (including phenoxy) is 1. The van der Waals surface area contributed by atoms with Crippen LogP contribution >= 0.6 is 0 Å². The lowest BCUT2D eigenvalue weighted by atomic mass is 10.1. The second-order valence-electron chi connectivity index (χ2n) is 5.07. The van der Waals surface area contributed by atoms with Crippen LogP contribution in [0.25, 0.3) is 17.0 Å². The normalized spacial score (nSPS) is 11.0. The molecule has 3 rings (SSSR count). The Labute approximate surface area is 132 Å². The van der Waals surface area contributed by atoms with Crippen molar-refractivity contribution in [1.82, 2.24) is 0 Å². The van der Waals surface area contributed by atoms with Gasteiger partial charge in [0.2, 0.25) is 0 Å². The van der Waals surface area contributed by atoms with Gasteiger partial charge in [0, 0.05) is 23.6 Å². The van der Waals surface area contributed by atoms with E-state index < -0.39 is 11.6 Å². The standard InChI is InChI=1S/C19H14O4/c1-13-11-19(21)23-17-12-15(8-9-16(13)17)22-18(20)10-7-14-5-3-2-4-6-14/h2-12H,1H3/b10-7+. The first-order valence-corrected chi connectivity index (χ1v) is 7.11. The zero-order chi connectivity index (χ0) is 16.2. The monoisotopic (exact) mass is 306 g/mol. The minimum Gasteiger partial charge on any atom is -0.423 e. The van der Waals surface area contributed by atoms with E-state index in [2.05, 4.69) is 0 Å². The van der Waals surface area contributed by atoms with E-state index in [1.165, 1.54) is 18.2 Å². The maximum absolute atomic E-state index is 11.9. The second kappa shape index (κ2) is 6.32. The van der Waals surface area contributed by atoms with Gasteiger partial charge in [0.1, 0.15) is 11.3 Å². The Morgan fingerprint density at radius 1 is 1.09 bits per heavy atom. The molecule has 4 heteroatoms. The van der Waals surface area contributed by atoms with Gasteiger partial charge in [-0.05, 0) is 36.3 Å². The summed E-state index contributed by atoms with van der Waals surface area (Å²) < 4.78 is 10.4. The van der Waals surface area contributed by atoms with Crippen LogP contribution in [0, 0.1) is 6.92 Å². The molecule has 3 aromatic rings. The first kappa shape index (κ1) is 14.8. The number of hydrogen-bond acceptors (Lipinski definition) is 4. The molecular weight excluding hydrogens is 292 g/mol. The molecule has 0 spiro atoms. The van der Waals surface area contributed by atoms with Crippen molar-refractivity contribution < 1.29 is 13.9 Å². The molecule has 0 unspecified atom stereocenters. The highest BCUT2D eigenvalue weighted by molar-refractivity contribution is 5.89. The number of rotatable bonds is 3. The molecule has 114 valence electrons. The molecule has 0 saturated carbocycles. The van der Waals surface area contributed by atoms with Gasteiger partial charge in [-0.3, -0.25) is 0 Å². The SMILES string of the molecule is Cc1cc(=O)oc2cc(OC(=O)/C=C/c3ccccc3)ccc12. The first-order chi connectivity index (χ1) is 11.1. The van der Waals surface area contributed by atoms with Gasteiger partial charge in [-0.25, -0.2) is 9.59 Å². The van der Waals surface area contributed by atoms with E-state index in [0.717, 1.165) is 16.5 Å². The zero-order valence-corrected chi connectivity index (χ0v) is 12.5. The average Bonchev–Trinajstić information content (AvgIpc) is 2.53. The molecule has 0 fully saturated rings. The Balaban J connectivity index is 1.80. The molecule has 1 aromatic heterocycles. The van der Waals surface area contributed by atoms with Gasteiger partial charge < -0.3 is 9.15 Å². The highest BCUT2D eigenvalue weighted by Gasteiger charge is 2.06. The predicted molar refractivity (Wildman–Crippen MR) is 88.3 cm³/mol. The minimum atomic E-state index is -0.497.